The Bertz CT molecular complexity index is 463. The molecule has 0 saturated carbocycles. The van der Waals surface area contributed by atoms with Gasteiger partial charge in [0.15, 0.2) is 0 Å². The molecule has 0 bridgehead atoms. The number of amides is 1. The summed E-state index contributed by atoms with van der Waals surface area (Å²) in [6.45, 7) is 0.890. The average Bonchev–Trinajstić information content (AvgIpc) is 3.04. The lowest BCUT2D eigenvalue weighted by atomic mass is 9.99. The van der Waals surface area contributed by atoms with Gasteiger partial charge in [-0.3, -0.25) is 4.79 Å². The van der Waals surface area contributed by atoms with Gasteiger partial charge in [-0.2, -0.15) is 0 Å². The minimum absolute atomic E-state index is 0.0154. The van der Waals surface area contributed by atoms with Crippen molar-refractivity contribution >= 4 is 17.7 Å². The monoisotopic (exact) mass is 263 g/mol. The molecule has 1 saturated heterocycles. The fraction of sp³-hybridized carbons (Fsp3) is 0.500. The molecule has 96 valence electrons. The summed E-state index contributed by atoms with van der Waals surface area (Å²) in [6, 6.07) is 8.20. The van der Waals surface area contributed by atoms with E-state index in [-0.39, 0.29) is 24.5 Å². The molecular formula is C14H17NO2S. The molecule has 4 heteroatoms. The fourth-order valence-electron chi connectivity index (χ4n) is 2.88. The number of benzene rings is 1. The lowest BCUT2D eigenvalue weighted by Gasteiger charge is -2.26. The van der Waals surface area contributed by atoms with E-state index in [0.29, 0.717) is 0 Å². The molecule has 0 radical (unpaired) electrons. The number of likely N-dealkylation sites (tertiary alicyclic amines) is 1. The zero-order valence-electron chi connectivity index (χ0n) is 10.2. The van der Waals surface area contributed by atoms with E-state index in [1.165, 1.54) is 4.90 Å². The van der Waals surface area contributed by atoms with Crippen molar-refractivity contribution in [3.8, 4) is 0 Å². The molecule has 1 amide bonds. The van der Waals surface area contributed by atoms with E-state index in [4.69, 9.17) is 0 Å². The second kappa shape index (κ2) is 4.94. The lowest BCUT2D eigenvalue weighted by molar-refractivity contribution is -0.133. The topological polar surface area (TPSA) is 40.5 Å². The normalized spacial score (nSPS) is 26.4. The van der Waals surface area contributed by atoms with Crippen LogP contribution in [0.25, 0.3) is 0 Å². The number of carbonyl (C=O) groups excluding carboxylic acids is 1. The van der Waals surface area contributed by atoms with E-state index in [0.717, 1.165) is 30.7 Å². The SMILES string of the molecule is O=C(C1CSc2ccccc21)N1CCCC1CO. The summed E-state index contributed by atoms with van der Waals surface area (Å²) < 4.78 is 0. The number of fused-ring (bicyclic) bond motifs is 1. The van der Waals surface area contributed by atoms with Crippen molar-refractivity contribution in [2.75, 3.05) is 18.9 Å². The predicted molar refractivity (Wildman–Crippen MR) is 71.7 cm³/mol. The summed E-state index contributed by atoms with van der Waals surface area (Å²) in [6.07, 6.45) is 1.95. The highest BCUT2D eigenvalue weighted by Gasteiger charge is 2.36. The Labute approximate surface area is 111 Å². The number of rotatable bonds is 2. The van der Waals surface area contributed by atoms with E-state index in [9.17, 15) is 9.90 Å². The fourth-order valence-corrected chi connectivity index (χ4v) is 4.10. The quantitative estimate of drug-likeness (QED) is 0.885. The molecule has 1 N–H and O–H groups in total. The number of hydrogen-bond donors (Lipinski definition) is 1. The molecule has 2 aliphatic rings. The molecule has 3 rings (SSSR count). The van der Waals surface area contributed by atoms with Crippen LogP contribution in [0.15, 0.2) is 29.2 Å². The van der Waals surface area contributed by atoms with Crippen LogP contribution in [-0.4, -0.2) is 40.9 Å². The number of thioether (sulfide) groups is 1. The van der Waals surface area contributed by atoms with Crippen molar-refractivity contribution in [3.05, 3.63) is 29.8 Å². The van der Waals surface area contributed by atoms with Crippen LogP contribution in [-0.2, 0) is 4.79 Å². The number of aliphatic hydroxyl groups is 1. The maximum absolute atomic E-state index is 12.6. The molecule has 0 aliphatic carbocycles. The molecular weight excluding hydrogens is 246 g/mol. The third-order valence-corrected chi connectivity index (χ3v) is 5.05. The third kappa shape index (κ3) is 1.93. The number of aliphatic hydroxyl groups excluding tert-OH is 1. The smallest absolute Gasteiger partial charge is 0.231 e. The molecule has 0 spiro atoms. The van der Waals surface area contributed by atoms with E-state index >= 15 is 0 Å². The molecule has 2 unspecified atom stereocenters. The van der Waals surface area contributed by atoms with E-state index in [2.05, 4.69) is 12.1 Å². The molecule has 1 aromatic rings. The third-order valence-electron chi connectivity index (χ3n) is 3.87. The van der Waals surface area contributed by atoms with Gasteiger partial charge in [-0.15, -0.1) is 11.8 Å². The van der Waals surface area contributed by atoms with Gasteiger partial charge in [0, 0.05) is 17.2 Å². The predicted octanol–water partition coefficient (Wildman–Crippen LogP) is 1.86. The van der Waals surface area contributed by atoms with Crippen LogP contribution in [0.5, 0.6) is 0 Å². The molecule has 18 heavy (non-hydrogen) atoms. The first-order chi connectivity index (χ1) is 8.81. The van der Waals surface area contributed by atoms with Gasteiger partial charge in [0.05, 0.1) is 18.6 Å². The Morgan fingerprint density at radius 3 is 3.11 bits per heavy atom. The van der Waals surface area contributed by atoms with Crippen LogP contribution in [0.3, 0.4) is 0 Å². The molecule has 1 fully saturated rings. The van der Waals surface area contributed by atoms with Crippen LogP contribution in [0.1, 0.15) is 24.3 Å². The Balaban J connectivity index is 1.82. The van der Waals surface area contributed by atoms with Gasteiger partial charge < -0.3 is 10.0 Å². The Morgan fingerprint density at radius 1 is 1.44 bits per heavy atom. The lowest BCUT2D eigenvalue weighted by Crippen LogP contribution is -2.40. The van der Waals surface area contributed by atoms with Gasteiger partial charge in [-0.1, -0.05) is 18.2 Å². The number of hydrogen-bond acceptors (Lipinski definition) is 3. The Morgan fingerprint density at radius 2 is 2.28 bits per heavy atom. The number of nitrogens with zero attached hydrogens (tertiary/aromatic N) is 1. The van der Waals surface area contributed by atoms with Gasteiger partial charge in [0.25, 0.3) is 0 Å². The van der Waals surface area contributed by atoms with Crippen molar-refractivity contribution in [1.29, 1.82) is 0 Å². The highest BCUT2D eigenvalue weighted by molar-refractivity contribution is 7.99. The molecule has 0 aromatic heterocycles. The minimum Gasteiger partial charge on any atom is -0.394 e. The second-order valence-electron chi connectivity index (χ2n) is 4.91. The minimum atomic E-state index is -0.0154. The number of carbonyl (C=O) groups is 1. The Kier molecular flexibility index (Phi) is 3.31. The zero-order valence-corrected chi connectivity index (χ0v) is 11.0. The molecule has 2 aliphatic heterocycles. The van der Waals surface area contributed by atoms with Gasteiger partial charge in [0.1, 0.15) is 0 Å². The average molecular weight is 263 g/mol. The molecule has 2 heterocycles. The summed E-state index contributed by atoms with van der Waals surface area (Å²) in [5, 5.41) is 9.32. The zero-order chi connectivity index (χ0) is 12.5. The van der Waals surface area contributed by atoms with Gasteiger partial charge in [-0.05, 0) is 24.5 Å². The van der Waals surface area contributed by atoms with Crippen molar-refractivity contribution < 1.29 is 9.90 Å². The summed E-state index contributed by atoms with van der Waals surface area (Å²) in [4.78, 5) is 15.7. The standard InChI is InChI=1S/C14H17NO2S/c16-8-10-4-3-7-15(10)14(17)12-9-18-13-6-2-1-5-11(12)13/h1-2,5-6,10,12,16H,3-4,7-9H2. The van der Waals surface area contributed by atoms with Crippen molar-refractivity contribution in [2.45, 2.75) is 29.7 Å². The van der Waals surface area contributed by atoms with Gasteiger partial charge >= 0.3 is 0 Å². The van der Waals surface area contributed by atoms with Crippen LogP contribution in [0.2, 0.25) is 0 Å². The highest BCUT2D eigenvalue weighted by atomic mass is 32.2. The first-order valence-corrected chi connectivity index (χ1v) is 7.43. The summed E-state index contributed by atoms with van der Waals surface area (Å²) in [5.41, 5.74) is 1.16. The van der Waals surface area contributed by atoms with Crippen molar-refractivity contribution in [2.24, 2.45) is 0 Å². The molecule has 1 aromatic carbocycles. The first-order valence-electron chi connectivity index (χ1n) is 6.44. The highest BCUT2D eigenvalue weighted by Crippen LogP contribution is 2.40. The Hall–Kier alpha value is -1.00. The van der Waals surface area contributed by atoms with Crippen LogP contribution >= 0.6 is 11.8 Å². The maximum Gasteiger partial charge on any atom is 0.231 e. The van der Waals surface area contributed by atoms with E-state index in [1.807, 2.05) is 17.0 Å². The first kappa shape index (κ1) is 12.1. The molecule has 3 nitrogen and oxygen atoms in total. The maximum atomic E-state index is 12.6. The second-order valence-corrected chi connectivity index (χ2v) is 5.97. The largest absolute Gasteiger partial charge is 0.394 e. The van der Waals surface area contributed by atoms with Crippen molar-refractivity contribution in [3.63, 3.8) is 0 Å². The molecule has 2 atom stereocenters. The van der Waals surface area contributed by atoms with Gasteiger partial charge in [0.2, 0.25) is 5.91 Å². The van der Waals surface area contributed by atoms with E-state index < -0.39 is 0 Å². The summed E-state index contributed by atoms with van der Waals surface area (Å²) >= 11 is 1.76. The van der Waals surface area contributed by atoms with Crippen LogP contribution < -0.4 is 0 Å². The van der Waals surface area contributed by atoms with E-state index in [1.54, 1.807) is 11.8 Å². The summed E-state index contributed by atoms with van der Waals surface area (Å²) in [5.74, 6) is 1.02. The van der Waals surface area contributed by atoms with Crippen molar-refractivity contribution in [1.82, 2.24) is 4.90 Å². The summed E-state index contributed by atoms with van der Waals surface area (Å²) in [7, 11) is 0. The van der Waals surface area contributed by atoms with Gasteiger partial charge in [-0.25, -0.2) is 0 Å². The van der Waals surface area contributed by atoms with Crippen LogP contribution in [0, 0.1) is 0 Å². The van der Waals surface area contributed by atoms with Crippen LogP contribution in [0.4, 0.5) is 0 Å².